The summed E-state index contributed by atoms with van der Waals surface area (Å²) >= 11 is 6.87. The third kappa shape index (κ3) is 4.49. The average Bonchev–Trinajstić information content (AvgIpc) is 3.60. The van der Waals surface area contributed by atoms with E-state index in [0.29, 0.717) is 24.0 Å². The Morgan fingerprint density at radius 3 is 2.70 bits per heavy atom. The number of hydrogen-bond acceptors (Lipinski definition) is 6. The van der Waals surface area contributed by atoms with Crippen LogP contribution >= 0.6 is 11.6 Å². The monoisotopic (exact) mass is 467 g/mol. The molecule has 3 atom stereocenters. The van der Waals surface area contributed by atoms with E-state index in [1.165, 1.54) is 12.8 Å². The van der Waals surface area contributed by atoms with Crippen LogP contribution in [0.2, 0.25) is 5.02 Å². The second kappa shape index (κ2) is 8.69. The summed E-state index contributed by atoms with van der Waals surface area (Å²) in [4.78, 5) is 19.7. The standard InChI is InChI=1S/C25H30ClN5O2/c1-15-12-19(10-11-33-15)31-22(32)14-25(2,28-24(31)27)20-5-3-4-17(23(20)26)13-18-8-9-21(30-29-18)16-6-7-16/h3-5,8-9,15-16,19H,6-7,10-14H2,1-2H3,(H2,27,28)/t15-,19-,25+/m1/s1. The number of carbonyl (C=O) groups is 1. The number of aromatic nitrogens is 2. The molecule has 174 valence electrons. The molecule has 2 fully saturated rings. The molecule has 1 aromatic heterocycles. The fourth-order valence-corrected chi connectivity index (χ4v) is 5.39. The molecule has 1 saturated heterocycles. The molecule has 7 nitrogen and oxygen atoms in total. The molecule has 3 aliphatic rings. The highest BCUT2D eigenvalue weighted by Crippen LogP contribution is 2.40. The predicted octanol–water partition coefficient (Wildman–Crippen LogP) is 3.93. The van der Waals surface area contributed by atoms with E-state index in [1.54, 1.807) is 4.90 Å². The first-order valence-corrected chi connectivity index (χ1v) is 12.1. The zero-order valence-electron chi connectivity index (χ0n) is 19.1. The van der Waals surface area contributed by atoms with Gasteiger partial charge in [0, 0.05) is 30.0 Å². The van der Waals surface area contributed by atoms with Crippen molar-refractivity contribution in [3.8, 4) is 0 Å². The smallest absolute Gasteiger partial charge is 0.232 e. The zero-order chi connectivity index (χ0) is 23.2. The summed E-state index contributed by atoms with van der Waals surface area (Å²) in [5.41, 5.74) is 9.23. The van der Waals surface area contributed by atoms with E-state index in [0.717, 1.165) is 35.4 Å². The minimum Gasteiger partial charge on any atom is -0.378 e. The van der Waals surface area contributed by atoms with Crippen molar-refractivity contribution in [1.29, 1.82) is 0 Å². The minimum absolute atomic E-state index is 0.0212. The molecule has 33 heavy (non-hydrogen) atoms. The van der Waals surface area contributed by atoms with Crippen LogP contribution in [0.5, 0.6) is 0 Å². The Morgan fingerprint density at radius 2 is 2.03 bits per heavy atom. The number of ether oxygens (including phenoxy) is 1. The summed E-state index contributed by atoms with van der Waals surface area (Å²) in [5.74, 6) is 0.817. The van der Waals surface area contributed by atoms with Crippen LogP contribution in [0.4, 0.5) is 0 Å². The fraction of sp³-hybridized carbons (Fsp3) is 0.520. The van der Waals surface area contributed by atoms with E-state index in [9.17, 15) is 4.79 Å². The van der Waals surface area contributed by atoms with Crippen LogP contribution in [-0.4, -0.2) is 45.7 Å². The van der Waals surface area contributed by atoms with E-state index in [2.05, 4.69) is 16.3 Å². The number of aliphatic imine (C=N–C) groups is 1. The number of halogens is 1. The molecular weight excluding hydrogens is 438 g/mol. The number of guanidine groups is 1. The number of rotatable bonds is 5. The van der Waals surface area contributed by atoms with Gasteiger partial charge in [-0.3, -0.25) is 9.69 Å². The van der Waals surface area contributed by atoms with Gasteiger partial charge in [0.15, 0.2) is 5.96 Å². The van der Waals surface area contributed by atoms with Gasteiger partial charge < -0.3 is 10.5 Å². The maximum absolute atomic E-state index is 13.2. The molecule has 2 aliphatic heterocycles. The number of amides is 1. The zero-order valence-corrected chi connectivity index (χ0v) is 19.9. The van der Waals surface area contributed by atoms with Gasteiger partial charge in [0.05, 0.1) is 29.5 Å². The van der Waals surface area contributed by atoms with Crippen LogP contribution in [0, 0.1) is 0 Å². The molecule has 1 aromatic carbocycles. The van der Waals surface area contributed by atoms with Gasteiger partial charge in [-0.1, -0.05) is 29.8 Å². The highest BCUT2D eigenvalue weighted by molar-refractivity contribution is 6.32. The van der Waals surface area contributed by atoms with Crippen molar-refractivity contribution in [2.24, 2.45) is 10.7 Å². The lowest BCUT2D eigenvalue weighted by Gasteiger charge is -2.41. The van der Waals surface area contributed by atoms with Crippen LogP contribution in [-0.2, 0) is 21.5 Å². The molecule has 8 heteroatoms. The van der Waals surface area contributed by atoms with Crippen molar-refractivity contribution in [2.45, 2.75) is 76.0 Å². The third-order valence-electron chi connectivity index (χ3n) is 6.96. The maximum atomic E-state index is 13.2. The lowest BCUT2D eigenvalue weighted by Crippen LogP contribution is -2.56. The molecule has 3 heterocycles. The molecule has 2 aromatic rings. The molecule has 0 radical (unpaired) electrons. The number of nitrogens with two attached hydrogens (primary N) is 1. The lowest BCUT2D eigenvalue weighted by atomic mass is 9.85. The van der Waals surface area contributed by atoms with Crippen molar-refractivity contribution in [3.63, 3.8) is 0 Å². The van der Waals surface area contributed by atoms with Gasteiger partial charge in [-0.05, 0) is 62.8 Å². The summed E-state index contributed by atoms with van der Waals surface area (Å²) in [5, 5.41) is 9.38. The van der Waals surface area contributed by atoms with Crippen LogP contribution in [0.3, 0.4) is 0 Å². The molecular formula is C25H30ClN5O2. The van der Waals surface area contributed by atoms with Crippen LogP contribution in [0.1, 0.15) is 74.4 Å². The Kier molecular flexibility index (Phi) is 5.87. The molecule has 2 N–H and O–H groups in total. The summed E-state index contributed by atoms with van der Waals surface area (Å²) in [6.45, 7) is 4.57. The van der Waals surface area contributed by atoms with Gasteiger partial charge >= 0.3 is 0 Å². The summed E-state index contributed by atoms with van der Waals surface area (Å²) in [6, 6.07) is 9.99. The Labute approximate surface area is 199 Å². The lowest BCUT2D eigenvalue weighted by molar-refractivity contribution is -0.133. The first-order chi connectivity index (χ1) is 15.8. The Morgan fingerprint density at radius 1 is 1.21 bits per heavy atom. The summed E-state index contributed by atoms with van der Waals surface area (Å²) in [7, 11) is 0. The van der Waals surface area contributed by atoms with E-state index in [-0.39, 0.29) is 30.4 Å². The minimum atomic E-state index is -0.816. The number of hydrogen-bond donors (Lipinski definition) is 1. The Hall–Kier alpha value is -2.51. The van der Waals surface area contributed by atoms with Crippen LogP contribution in [0.25, 0.3) is 0 Å². The third-order valence-corrected chi connectivity index (χ3v) is 7.41. The van der Waals surface area contributed by atoms with E-state index in [4.69, 9.17) is 27.1 Å². The largest absolute Gasteiger partial charge is 0.378 e. The first-order valence-electron chi connectivity index (χ1n) is 11.7. The first kappa shape index (κ1) is 22.3. The van der Waals surface area contributed by atoms with Crippen LogP contribution < -0.4 is 5.73 Å². The SMILES string of the molecule is C[C@@H]1C[C@H](N2C(=O)C[C@@](C)(c3cccc(Cc4ccc(C5CC5)nn4)c3Cl)N=C2N)CCO1. The van der Waals surface area contributed by atoms with Crippen molar-refractivity contribution in [2.75, 3.05) is 6.61 Å². The van der Waals surface area contributed by atoms with Crippen molar-refractivity contribution < 1.29 is 9.53 Å². The highest BCUT2D eigenvalue weighted by atomic mass is 35.5. The second-order valence-electron chi connectivity index (χ2n) is 9.72. The predicted molar refractivity (Wildman–Crippen MR) is 127 cm³/mol. The van der Waals surface area contributed by atoms with E-state index < -0.39 is 5.54 Å². The molecule has 0 bridgehead atoms. The van der Waals surface area contributed by atoms with Crippen molar-refractivity contribution in [1.82, 2.24) is 15.1 Å². The number of nitrogens with zero attached hydrogens (tertiary/aromatic N) is 4. The topological polar surface area (TPSA) is 93.7 Å². The van der Waals surface area contributed by atoms with Gasteiger partial charge in [-0.2, -0.15) is 10.2 Å². The van der Waals surface area contributed by atoms with Gasteiger partial charge in [0.1, 0.15) is 0 Å². The Balaban J connectivity index is 1.40. The maximum Gasteiger partial charge on any atom is 0.232 e. The molecule has 0 unspecified atom stereocenters. The van der Waals surface area contributed by atoms with Gasteiger partial charge in [-0.25, -0.2) is 4.99 Å². The molecule has 1 aliphatic carbocycles. The summed E-state index contributed by atoms with van der Waals surface area (Å²) in [6.07, 6.45) is 4.82. The number of benzene rings is 1. The number of carbonyl (C=O) groups excluding carboxylic acids is 1. The fourth-order valence-electron chi connectivity index (χ4n) is 5.00. The molecule has 1 saturated carbocycles. The normalized spacial score (nSPS) is 28.0. The van der Waals surface area contributed by atoms with E-state index >= 15 is 0 Å². The molecule has 5 rings (SSSR count). The second-order valence-corrected chi connectivity index (χ2v) is 10.1. The van der Waals surface area contributed by atoms with E-state index in [1.807, 2.05) is 38.1 Å². The highest BCUT2D eigenvalue weighted by Gasteiger charge is 2.42. The van der Waals surface area contributed by atoms with Crippen molar-refractivity contribution in [3.05, 3.63) is 57.9 Å². The average molecular weight is 468 g/mol. The Bertz CT molecular complexity index is 1080. The summed E-state index contributed by atoms with van der Waals surface area (Å²) < 4.78 is 5.63. The molecule has 1 amide bonds. The van der Waals surface area contributed by atoms with Crippen molar-refractivity contribution >= 4 is 23.5 Å². The molecule has 0 spiro atoms. The van der Waals surface area contributed by atoms with Gasteiger partial charge in [0.25, 0.3) is 0 Å². The van der Waals surface area contributed by atoms with Gasteiger partial charge in [0.2, 0.25) is 5.91 Å². The quantitative estimate of drug-likeness (QED) is 0.719. The van der Waals surface area contributed by atoms with Gasteiger partial charge in [-0.15, -0.1) is 0 Å². The van der Waals surface area contributed by atoms with Crippen LogP contribution in [0.15, 0.2) is 35.3 Å².